The van der Waals surface area contributed by atoms with E-state index in [1.165, 1.54) is 11.1 Å². The zero-order valence-corrected chi connectivity index (χ0v) is 13.7. The number of Topliss-reactive ketones (excluding diaryl/α,β-unsaturated/α-hetero) is 1. The number of carbonyl (C=O) groups is 1. The molecule has 0 heterocycles. The molecule has 2 rings (SSSR count). The molecule has 0 unspecified atom stereocenters. The molecule has 0 aliphatic carbocycles. The summed E-state index contributed by atoms with van der Waals surface area (Å²) in [6, 6.07) is 16.3. The topological polar surface area (TPSA) is 29.1 Å². The molecule has 1 N–H and O–H groups in total. The Morgan fingerprint density at radius 3 is 2.27 bits per heavy atom. The summed E-state index contributed by atoms with van der Waals surface area (Å²) in [5.41, 5.74) is 4.41. The number of aryl methyl sites for hydroxylation is 1. The Kier molecular flexibility index (Phi) is 5.76. The van der Waals surface area contributed by atoms with E-state index in [9.17, 15) is 4.79 Å². The molecule has 0 spiro atoms. The van der Waals surface area contributed by atoms with Crippen molar-refractivity contribution in [3.8, 4) is 0 Å². The van der Waals surface area contributed by atoms with E-state index in [0.29, 0.717) is 18.9 Å². The molecule has 0 amide bonds. The lowest BCUT2D eigenvalue weighted by Gasteiger charge is -2.11. The van der Waals surface area contributed by atoms with Crippen molar-refractivity contribution >= 4 is 11.5 Å². The van der Waals surface area contributed by atoms with Crippen molar-refractivity contribution in [2.45, 2.75) is 39.5 Å². The lowest BCUT2D eigenvalue weighted by molar-refractivity contribution is 0.0986. The van der Waals surface area contributed by atoms with Crippen LogP contribution in [0.5, 0.6) is 0 Å². The summed E-state index contributed by atoms with van der Waals surface area (Å²) in [5, 5.41) is 3.32. The molecule has 0 saturated heterocycles. The molecule has 0 saturated carbocycles. The van der Waals surface area contributed by atoms with Crippen molar-refractivity contribution in [3.63, 3.8) is 0 Å². The Hall–Kier alpha value is -2.09. The molecule has 116 valence electrons. The third-order valence-corrected chi connectivity index (χ3v) is 4.15. The van der Waals surface area contributed by atoms with Gasteiger partial charge in [-0.2, -0.15) is 0 Å². The standard InChI is InChI=1S/C20H25NO/c1-4-16(3)17-9-11-19(12-10-17)21-14-13-20(22)18-7-5-15(2)6-8-18/h5-12,16,21H,4,13-14H2,1-3H3/t16-/m1/s1. The number of benzene rings is 2. The second-order valence-electron chi connectivity index (χ2n) is 5.90. The van der Waals surface area contributed by atoms with E-state index in [2.05, 4.69) is 43.4 Å². The minimum Gasteiger partial charge on any atom is -0.385 e. The molecule has 2 aromatic carbocycles. The lowest BCUT2D eigenvalue weighted by atomic mass is 9.98. The Balaban J connectivity index is 1.83. The minimum atomic E-state index is 0.184. The van der Waals surface area contributed by atoms with Crippen LogP contribution in [-0.2, 0) is 0 Å². The fourth-order valence-electron chi connectivity index (χ4n) is 2.37. The Morgan fingerprint density at radius 1 is 1.05 bits per heavy atom. The highest BCUT2D eigenvalue weighted by Gasteiger charge is 2.05. The quantitative estimate of drug-likeness (QED) is 0.712. The highest BCUT2D eigenvalue weighted by atomic mass is 16.1. The van der Waals surface area contributed by atoms with Crippen molar-refractivity contribution in [2.24, 2.45) is 0 Å². The van der Waals surface area contributed by atoms with Gasteiger partial charge in [-0.3, -0.25) is 4.79 Å². The second kappa shape index (κ2) is 7.79. The van der Waals surface area contributed by atoms with Gasteiger partial charge in [0.05, 0.1) is 0 Å². The number of ketones is 1. The van der Waals surface area contributed by atoms with Crippen LogP contribution in [0.25, 0.3) is 0 Å². The van der Waals surface area contributed by atoms with Gasteiger partial charge in [-0.1, -0.05) is 55.8 Å². The number of rotatable bonds is 7. The van der Waals surface area contributed by atoms with Crippen molar-refractivity contribution < 1.29 is 4.79 Å². The van der Waals surface area contributed by atoms with Crippen LogP contribution in [0.4, 0.5) is 5.69 Å². The zero-order valence-electron chi connectivity index (χ0n) is 13.7. The van der Waals surface area contributed by atoms with E-state index in [0.717, 1.165) is 17.7 Å². The molecule has 0 aromatic heterocycles. The van der Waals surface area contributed by atoms with Crippen molar-refractivity contribution in [2.75, 3.05) is 11.9 Å². The van der Waals surface area contributed by atoms with Gasteiger partial charge in [0.1, 0.15) is 0 Å². The highest BCUT2D eigenvalue weighted by molar-refractivity contribution is 5.96. The first-order valence-corrected chi connectivity index (χ1v) is 8.04. The molecular weight excluding hydrogens is 270 g/mol. The van der Waals surface area contributed by atoms with E-state index < -0.39 is 0 Å². The predicted octanol–water partition coefficient (Wildman–Crippen LogP) is 5.19. The maximum Gasteiger partial charge on any atom is 0.164 e. The molecule has 2 aromatic rings. The normalized spacial score (nSPS) is 12.0. The molecule has 0 radical (unpaired) electrons. The fourth-order valence-corrected chi connectivity index (χ4v) is 2.37. The summed E-state index contributed by atoms with van der Waals surface area (Å²) in [4.78, 5) is 12.1. The molecule has 2 nitrogen and oxygen atoms in total. The largest absolute Gasteiger partial charge is 0.385 e. The van der Waals surface area contributed by atoms with Crippen LogP contribution in [0.2, 0.25) is 0 Å². The highest BCUT2D eigenvalue weighted by Crippen LogP contribution is 2.20. The molecule has 22 heavy (non-hydrogen) atoms. The van der Waals surface area contributed by atoms with Gasteiger partial charge in [0.15, 0.2) is 5.78 Å². The number of hydrogen-bond donors (Lipinski definition) is 1. The molecular formula is C20H25NO. The summed E-state index contributed by atoms with van der Waals surface area (Å²) in [6.45, 7) is 7.13. The van der Waals surface area contributed by atoms with Crippen LogP contribution in [0.3, 0.4) is 0 Å². The monoisotopic (exact) mass is 295 g/mol. The average Bonchev–Trinajstić information content (AvgIpc) is 2.55. The van der Waals surface area contributed by atoms with Gasteiger partial charge in [0, 0.05) is 24.2 Å². The minimum absolute atomic E-state index is 0.184. The third kappa shape index (κ3) is 4.45. The molecule has 0 aliphatic heterocycles. The second-order valence-corrected chi connectivity index (χ2v) is 5.90. The maximum atomic E-state index is 12.1. The van der Waals surface area contributed by atoms with Gasteiger partial charge < -0.3 is 5.32 Å². The first-order valence-electron chi connectivity index (χ1n) is 8.04. The van der Waals surface area contributed by atoms with Gasteiger partial charge in [-0.05, 0) is 37.0 Å². The number of hydrogen-bond acceptors (Lipinski definition) is 2. The summed E-state index contributed by atoms with van der Waals surface area (Å²) in [7, 11) is 0. The van der Waals surface area contributed by atoms with Crippen LogP contribution in [0.15, 0.2) is 48.5 Å². The van der Waals surface area contributed by atoms with Gasteiger partial charge in [-0.25, -0.2) is 0 Å². The van der Waals surface area contributed by atoms with E-state index in [-0.39, 0.29) is 5.78 Å². The van der Waals surface area contributed by atoms with Crippen molar-refractivity contribution in [1.29, 1.82) is 0 Å². The van der Waals surface area contributed by atoms with Crippen molar-refractivity contribution in [1.82, 2.24) is 0 Å². The molecule has 0 bridgehead atoms. The van der Waals surface area contributed by atoms with Crippen LogP contribution in [0, 0.1) is 6.92 Å². The zero-order chi connectivity index (χ0) is 15.9. The lowest BCUT2D eigenvalue weighted by Crippen LogP contribution is -2.09. The molecule has 2 heteroatoms. The molecule has 1 atom stereocenters. The van der Waals surface area contributed by atoms with Gasteiger partial charge >= 0.3 is 0 Å². The predicted molar refractivity (Wildman–Crippen MR) is 93.8 cm³/mol. The Bertz CT molecular complexity index is 599. The van der Waals surface area contributed by atoms with Crippen LogP contribution < -0.4 is 5.32 Å². The van der Waals surface area contributed by atoms with Gasteiger partial charge in [0.25, 0.3) is 0 Å². The first kappa shape index (κ1) is 16.3. The Morgan fingerprint density at radius 2 is 1.68 bits per heavy atom. The smallest absolute Gasteiger partial charge is 0.164 e. The van der Waals surface area contributed by atoms with Crippen LogP contribution in [-0.4, -0.2) is 12.3 Å². The first-order chi connectivity index (χ1) is 10.6. The SMILES string of the molecule is CC[C@@H](C)c1ccc(NCCC(=O)c2ccc(C)cc2)cc1. The number of carbonyl (C=O) groups excluding carboxylic acids is 1. The van der Waals surface area contributed by atoms with Crippen LogP contribution in [0.1, 0.15) is 54.1 Å². The molecule has 0 aliphatic rings. The fraction of sp³-hybridized carbons (Fsp3) is 0.350. The van der Waals surface area contributed by atoms with E-state index >= 15 is 0 Å². The number of nitrogens with one attached hydrogen (secondary N) is 1. The van der Waals surface area contributed by atoms with Gasteiger partial charge in [-0.15, -0.1) is 0 Å². The number of anilines is 1. The van der Waals surface area contributed by atoms with Gasteiger partial charge in [0.2, 0.25) is 0 Å². The van der Waals surface area contributed by atoms with E-state index in [4.69, 9.17) is 0 Å². The molecule has 0 fully saturated rings. The summed E-state index contributed by atoms with van der Waals surface area (Å²) in [6.07, 6.45) is 1.66. The Labute approximate surface area is 133 Å². The summed E-state index contributed by atoms with van der Waals surface area (Å²) in [5.74, 6) is 0.779. The summed E-state index contributed by atoms with van der Waals surface area (Å²) >= 11 is 0. The average molecular weight is 295 g/mol. The summed E-state index contributed by atoms with van der Waals surface area (Å²) < 4.78 is 0. The third-order valence-electron chi connectivity index (χ3n) is 4.15. The van der Waals surface area contributed by atoms with E-state index in [1.54, 1.807) is 0 Å². The van der Waals surface area contributed by atoms with Crippen molar-refractivity contribution in [3.05, 3.63) is 65.2 Å². The van der Waals surface area contributed by atoms with E-state index in [1.807, 2.05) is 31.2 Å². The van der Waals surface area contributed by atoms with Crippen LogP contribution >= 0.6 is 0 Å². The maximum absolute atomic E-state index is 12.1.